The summed E-state index contributed by atoms with van der Waals surface area (Å²) >= 11 is 0. The summed E-state index contributed by atoms with van der Waals surface area (Å²) in [6, 6.07) is 1.46. The predicted octanol–water partition coefficient (Wildman–Crippen LogP) is -0.544. The van der Waals surface area contributed by atoms with Crippen LogP contribution in [0.2, 0.25) is 0 Å². The van der Waals surface area contributed by atoms with E-state index in [4.69, 9.17) is 10.5 Å². The molecule has 0 radical (unpaired) electrons. The fraction of sp³-hybridized carbons (Fsp3) is 0.600. The molecule has 0 amide bonds. The van der Waals surface area contributed by atoms with Crippen molar-refractivity contribution in [3.63, 3.8) is 0 Å². The van der Waals surface area contributed by atoms with Gasteiger partial charge in [0.25, 0.3) is 0 Å². The standard InChI is InChI=1S/C10H15N3O4S2/c1-18-19-8-5(4-14)17-9(7(8)15)13-3-2-6(11)12-10(13)16/h2-3,5,7-9,14-15H,4H2,1H3,(H2,11,12,16)/t5-,7-,8+,9-/m1/s1. The molecule has 106 valence electrons. The summed E-state index contributed by atoms with van der Waals surface area (Å²) in [7, 11) is 2.88. The van der Waals surface area contributed by atoms with Crippen molar-refractivity contribution in [1.29, 1.82) is 0 Å². The van der Waals surface area contributed by atoms with Crippen molar-refractivity contribution in [2.45, 2.75) is 23.7 Å². The third-order valence-corrected chi connectivity index (χ3v) is 5.06. The van der Waals surface area contributed by atoms with Gasteiger partial charge in [-0.3, -0.25) is 4.57 Å². The Balaban J connectivity index is 2.28. The lowest BCUT2D eigenvalue weighted by Crippen LogP contribution is -2.34. The molecule has 0 spiro atoms. The first-order valence-electron chi connectivity index (χ1n) is 5.57. The van der Waals surface area contributed by atoms with Gasteiger partial charge in [-0.1, -0.05) is 21.6 Å². The number of aromatic nitrogens is 2. The molecule has 2 rings (SSSR count). The van der Waals surface area contributed by atoms with Crippen molar-refractivity contribution in [2.24, 2.45) is 0 Å². The minimum absolute atomic E-state index is 0.113. The molecule has 1 aliphatic heterocycles. The van der Waals surface area contributed by atoms with Crippen LogP contribution in [-0.2, 0) is 4.74 Å². The molecule has 1 aromatic rings. The van der Waals surface area contributed by atoms with Crippen LogP contribution in [0.15, 0.2) is 17.1 Å². The SMILES string of the molecule is CSS[C@@H]1[C@@H](O)[C@H](n2ccc(N)nc2=O)O[C@@H]1CO. The van der Waals surface area contributed by atoms with E-state index >= 15 is 0 Å². The van der Waals surface area contributed by atoms with E-state index < -0.39 is 24.1 Å². The molecule has 4 atom stereocenters. The molecule has 1 fully saturated rings. The molecule has 9 heteroatoms. The van der Waals surface area contributed by atoms with Gasteiger partial charge in [0.15, 0.2) is 6.23 Å². The monoisotopic (exact) mass is 305 g/mol. The lowest BCUT2D eigenvalue weighted by atomic mass is 10.2. The van der Waals surface area contributed by atoms with E-state index in [9.17, 15) is 15.0 Å². The van der Waals surface area contributed by atoms with Gasteiger partial charge in [-0.2, -0.15) is 4.98 Å². The second-order valence-electron chi connectivity index (χ2n) is 4.01. The van der Waals surface area contributed by atoms with Crippen LogP contribution in [0.3, 0.4) is 0 Å². The van der Waals surface area contributed by atoms with Gasteiger partial charge >= 0.3 is 5.69 Å². The first kappa shape index (κ1) is 14.7. The first-order chi connectivity index (χ1) is 9.08. The summed E-state index contributed by atoms with van der Waals surface area (Å²) in [5.74, 6) is 0.113. The highest BCUT2D eigenvalue weighted by Crippen LogP contribution is 2.40. The molecule has 1 saturated heterocycles. The molecule has 1 aromatic heterocycles. The van der Waals surface area contributed by atoms with Crippen molar-refractivity contribution in [1.82, 2.24) is 9.55 Å². The predicted molar refractivity (Wildman–Crippen MR) is 74.8 cm³/mol. The largest absolute Gasteiger partial charge is 0.394 e. The number of anilines is 1. The molecule has 4 N–H and O–H groups in total. The fourth-order valence-electron chi connectivity index (χ4n) is 1.95. The third-order valence-electron chi connectivity index (χ3n) is 2.82. The summed E-state index contributed by atoms with van der Waals surface area (Å²) in [6.07, 6.45) is 1.01. The number of aliphatic hydroxyl groups is 2. The number of nitrogens with zero attached hydrogens (tertiary/aromatic N) is 2. The number of rotatable bonds is 4. The van der Waals surface area contributed by atoms with Crippen LogP contribution in [-0.4, -0.2) is 50.1 Å². The molecule has 2 heterocycles. The Bertz CT molecular complexity index is 498. The van der Waals surface area contributed by atoms with Crippen LogP contribution >= 0.6 is 21.6 Å². The van der Waals surface area contributed by atoms with E-state index in [-0.39, 0.29) is 17.7 Å². The second-order valence-corrected chi connectivity index (χ2v) is 6.66. The summed E-state index contributed by atoms with van der Waals surface area (Å²) in [6.45, 7) is -0.219. The van der Waals surface area contributed by atoms with Gasteiger partial charge in [-0.25, -0.2) is 4.79 Å². The van der Waals surface area contributed by atoms with Gasteiger partial charge < -0.3 is 20.7 Å². The van der Waals surface area contributed by atoms with Gasteiger partial charge in [0.2, 0.25) is 0 Å². The highest BCUT2D eigenvalue weighted by Gasteiger charge is 2.45. The molecule has 0 saturated carbocycles. The van der Waals surface area contributed by atoms with Gasteiger partial charge in [0, 0.05) is 6.20 Å². The van der Waals surface area contributed by atoms with E-state index in [0.29, 0.717) is 0 Å². The smallest absolute Gasteiger partial charge is 0.351 e. The lowest BCUT2D eigenvalue weighted by molar-refractivity contribution is -0.0529. The zero-order valence-corrected chi connectivity index (χ0v) is 11.8. The zero-order valence-electron chi connectivity index (χ0n) is 10.2. The maximum Gasteiger partial charge on any atom is 0.351 e. The average molecular weight is 305 g/mol. The van der Waals surface area contributed by atoms with Crippen molar-refractivity contribution in [3.8, 4) is 0 Å². The second kappa shape index (κ2) is 6.14. The maximum atomic E-state index is 11.7. The highest BCUT2D eigenvalue weighted by atomic mass is 33.1. The molecule has 0 bridgehead atoms. The Kier molecular flexibility index (Phi) is 4.74. The Labute approximate surface area is 117 Å². The van der Waals surface area contributed by atoms with Crippen LogP contribution in [0.4, 0.5) is 5.82 Å². The number of nitrogen functional groups attached to an aromatic ring is 1. The summed E-state index contributed by atoms with van der Waals surface area (Å²) in [4.78, 5) is 15.3. The first-order valence-corrected chi connectivity index (χ1v) is 8.19. The molecular weight excluding hydrogens is 290 g/mol. The van der Waals surface area contributed by atoms with Crippen LogP contribution in [0.1, 0.15) is 6.23 Å². The van der Waals surface area contributed by atoms with E-state index in [1.165, 1.54) is 38.4 Å². The topological polar surface area (TPSA) is 111 Å². The number of nitrogens with two attached hydrogens (primary N) is 1. The molecular formula is C10H15N3O4S2. The average Bonchev–Trinajstić information content (AvgIpc) is 2.68. The zero-order chi connectivity index (χ0) is 14.0. The third kappa shape index (κ3) is 2.90. The van der Waals surface area contributed by atoms with Gasteiger partial charge in [0.05, 0.1) is 18.0 Å². The number of hydrogen-bond donors (Lipinski definition) is 3. The maximum absolute atomic E-state index is 11.7. The number of aliphatic hydroxyl groups excluding tert-OH is 2. The Morgan fingerprint density at radius 3 is 2.95 bits per heavy atom. The summed E-state index contributed by atoms with van der Waals surface area (Å²) in [5.41, 5.74) is 4.83. The van der Waals surface area contributed by atoms with Gasteiger partial charge in [0.1, 0.15) is 11.9 Å². The van der Waals surface area contributed by atoms with Crippen molar-refractivity contribution in [3.05, 3.63) is 22.7 Å². The van der Waals surface area contributed by atoms with Crippen LogP contribution in [0.5, 0.6) is 0 Å². The van der Waals surface area contributed by atoms with Gasteiger partial charge in [-0.05, 0) is 12.3 Å². The Morgan fingerprint density at radius 2 is 2.37 bits per heavy atom. The van der Waals surface area contributed by atoms with Crippen LogP contribution < -0.4 is 11.4 Å². The number of hydrogen-bond acceptors (Lipinski definition) is 8. The fourth-order valence-corrected chi connectivity index (χ4v) is 4.07. The summed E-state index contributed by atoms with van der Waals surface area (Å²) < 4.78 is 6.73. The number of ether oxygens (including phenoxy) is 1. The van der Waals surface area contributed by atoms with Gasteiger partial charge in [-0.15, -0.1) is 0 Å². The van der Waals surface area contributed by atoms with E-state index in [1.807, 2.05) is 6.26 Å². The highest BCUT2D eigenvalue weighted by molar-refractivity contribution is 8.76. The Morgan fingerprint density at radius 1 is 1.63 bits per heavy atom. The molecule has 0 aromatic carbocycles. The lowest BCUT2D eigenvalue weighted by Gasteiger charge is -2.18. The molecule has 0 unspecified atom stereocenters. The molecule has 0 aliphatic carbocycles. The summed E-state index contributed by atoms with van der Waals surface area (Å²) in [5, 5.41) is 19.2. The minimum atomic E-state index is -0.905. The molecule has 1 aliphatic rings. The van der Waals surface area contributed by atoms with E-state index in [1.54, 1.807) is 0 Å². The van der Waals surface area contributed by atoms with E-state index in [0.717, 1.165) is 0 Å². The Hall–Kier alpha value is -0.740. The van der Waals surface area contributed by atoms with Crippen molar-refractivity contribution in [2.75, 3.05) is 18.6 Å². The van der Waals surface area contributed by atoms with Crippen molar-refractivity contribution < 1.29 is 14.9 Å². The van der Waals surface area contributed by atoms with Crippen LogP contribution in [0, 0.1) is 0 Å². The molecule has 7 nitrogen and oxygen atoms in total. The molecule has 19 heavy (non-hydrogen) atoms. The van der Waals surface area contributed by atoms with Crippen LogP contribution in [0.25, 0.3) is 0 Å². The quantitative estimate of drug-likeness (QED) is 0.636. The minimum Gasteiger partial charge on any atom is -0.394 e. The van der Waals surface area contributed by atoms with Crippen molar-refractivity contribution >= 4 is 27.4 Å². The normalized spacial score (nSPS) is 30.7. The van der Waals surface area contributed by atoms with E-state index in [2.05, 4.69) is 4.98 Å².